The van der Waals surface area contributed by atoms with Gasteiger partial charge in [-0.25, -0.2) is 4.39 Å². The predicted octanol–water partition coefficient (Wildman–Crippen LogP) is 1.33. The molecule has 2 rings (SSSR count). The van der Waals surface area contributed by atoms with Gasteiger partial charge in [0.25, 0.3) is 0 Å². The van der Waals surface area contributed by atoms with E-state index in [-0.39, 0.29) is 12.4 Å². The third kappa shape index (κ3) is 2.96. The molecule has 1 unspecified atom stereocenters. The number of rotatable bonds is 4. The van der Waals surface area contributed by atoms with Crippen LogP contribution in [0.3, 0.4) is 0 Å². The van der Waals surface area contributed by atoms with Crippen LogP contribution in [0.25, 0.3) is 0 Å². The van der Waals surface area contributed by atoms with Crippen LogP contribution >= 0.6 is 0 Å². The minimum Gasteiger partial charge on any atom is -0.395 e. The second-order valence-corrected chi connectivity index (χ2v) is 4.57. The van der Waals surface area contributed by atoms with Crippen LogP contribution in [0.1, 0.15) is 6.42 Å². The van der Waals surface area contributed by atoms with Crippen LogP contribution in [0.4, 0.5) is 10.1 Å². The van der Waals surface area contributed by atoms with Gasteiger partial charge in [-0.05, 0) is 31.7 Å². The van der Waals surface area contributed by atoms with Crippen LogP contribution in [0.15, 0.2) is 24.3 Å². The first-order valence-corrected chi connectivity index (χ1v) is 6.02. The van der Waals surface area contributed by atoms with E-state index in [0.29, 0.717) is 12.6 Å². The Morgan fingerprint density at radius 3 is 3.06 bits per heavy atom. The summed E-state index contributed by atoms with van der Waals surface area (Å²) in [6.45, 7) is 2.73. The highest BCUT2D eigenvalue weighted by Crippen LogP contribution is 2.22. The third-order valence-electron chi connectivity index (χ3n) is 3.41. The summed E-state index contributed by atoms with van der Waals surface area (Å²) in [7, 11) is 2.02. The van der Waals surface area contributed by atoms with E-state index in [1.807, 2.05) is 13.1 Å². The van der Waals surface area contributed by atoms with E-state index in [9.17, 15) is 4.39 Å². The fraction of sp³-hybridized carbons (Fsp3) is 0.538. The van der Waals surface area contributed by atoms with Gasteiger partial charge in [0.2, 0.25) is 0 Å². The van der Waals surface area contributed by atoms with Gasteiger partial charge in [0.15, 0.2) is 0 Å². The molecule has 0 saturated carbocycles. The average molecular weight is 238 g/mol. The smallest absolute Gasteiger partial charge is 0.125 e. The molecule has 94 valence electrons. The zero-order valence-electron chi connectivity index (χ0n) is 10.1. The van der Waals surface area contributed by atoms with Gasteiger partial charge >= 0.3 is 0 Å². The number of likely N-dealkylation sites (N-methyl/N-ethyl adjacent to an activating group) is 1. The molecule has 1 aromatic carbocycles. The Labute approximate surface area is 101 Å². The van der Waals surface area contributed by atoms with Crippen LogP contribution in [-0.2, 0) is 0 Å². The van der Waals surface area contributed by atoms with E-state index < -0.39 is 0 Å². The Bertz CT molecular complexity index is 372. The van der Waals surface area contributed by atoms with Crippen molar-refractivity contribution >= 4 is 5.69 Å². The van der Waals surface area contributed by atoms with Crippen molar-refractivity contribution in [1.29, 1.82) is 0 Å². The lowest BCUT2D eigenvalue weighted by atomic mass is 10.2. The number of aliphatic hydroxyl groups excluding tert-OH is 1. The molecule has 1 aliphatic heterocycles. The van der Waals surface area contributed by atoms with Crippen molar-refractivity contribution in [3.05, 3.63) is 30.1 Å². The van der Waals surface area contributed by atoms with E-state index in [4.69, 9.17) is 5.11 Å². The summed E-state index contributed by atoms with van der Waals surface area (Å²) >= 11 is 0. The second-order valence-electron chi connectivity index (χ2n) is 4.57. The topological polar surface area (TPSA) is 26.7 Å². The third-order valence-corrected chi connectivity index (χ3v) is 3.41. The highest BCUT2D eigenvalue weighted by Gasteiger charge is 2.25. The van der Waals surface area contributed by atoms with Gasteiger partial charge in [0.05, 0.1) is 6.61 Å². The first-order valence-electron chi connectivity index (χ1n) is 6.02. The maximum absolute atomic E-state index is 13.1. The maximum Gasteiger partial charge on any atom is 0.125 e. The quantitative estimate of drug-likeness (QED) is 0.857. The molecule has 1 saturated heterocycles. The Kier molecular flexibility index (Phi) is 3.97. The minimum absolute atomic E-state index is 0.185. The first kappa shape index (κ1) is 12.3. The monoisotopic (exact) mass is 238 g/mol. The van der Waals surface area contributed by atoms with E-state index in [2.05, 4.69) is 9.80 Å². The minimum atomic E-state index is -0.185. The normalized spacial score (nSPS) is 20.2. The summed E-state index contributed by atoms with van der Waals surface area (Å²) in [5, 5.41) is 8.91. The molecule has 0 spiro atoms. The lowest BCUT2D eigenvalue weighted by molar-refractivity contribution is 0.188. The van der Waals surface area contributed by atoms with Gasteiger partial charge in [0, 0.05) is 31.4 Å². The number of nitrogens with zero attached hydrogens (tertiary/aromatic N) is 2. The van der Waals surface area contributed by atoms with Gasteiger partial charge in [-0.2, -0.15) is 0 Å². The summed E-state index contributed by atoms with van der Waals surface area (Å²) in [4.78, 5) is 4.36. The maximum atomic E-state index is 13.1. The summed E-state index contributed by atoms with van der Waals surface area (Å²) in [5.41, 5.74) is 0.949. The van der Waals surface area contributed by atoms with Crippen LogP contribution in [0.2, 0.25) is 0 Å². The van der Waals surface area contributed by atoms with Gasteiger partial charge in [-0.3, -0.25) is 4.90 Å². The van der Waals surface area contributed by atoms with Crippen LogP contribution in [-0.4, -0.2) is 49.3 Å². The van der Waals surface area contributed by atoms with Gasteiger partial charge < -0.3 is 10.0 Å². The average Bonchev–Trinajstić information content (AvgIpc) is 2.78. The molecular formula is C13H19FN2O. The van der Waals surface area contributed by atoms with E-state index in [0.717, 1.165) is 25.2 Å². The highest BCUT2D eigenvalue weighted by molar-refractivity contribution is 5.47. The molecule has 1 fully saturated rings. The molecule has 0 aromatic heterocycles. The predicted molar refractivity (Wildman–Crippen MR) is 66.7 cm³/mol. The van der Waals surface area contributed by atoms with E-state index in [1.165, 1.54) is 6.07 Å². The van der Waals surface area contributed by atoms with Crippen LogP contribution in [0.5, 0.6) is 0 Å². The Morgan fingerprint density at radius 1 is 1.53 bits per heavy atom. The molecule has 0 aliphatic carbocycles. The lowest BCUT2D eigenvalue weighted by Crippen LogP contribution is -2.36. The zero-order chi connectivity index (χ0) is 12.3. The van der Waals surface area contributed by atoms with Crippen molar-refractivity contribution in [2.75, 3.05) is 38.2 Å². The molecule has 17 heavy (non-hydrogen) atoms. The standard InChI is InChI=1S/C13H19FN2O/c1-15(7-8-17)13-5-6-16(10-13)12-4-2-3-11(14)9-12/h2-4,9,13,17H,5-8,10H2,1H3. The number of aliphatic hydroxyl groups is 1. The molecule has 0 bridgehead atoms. The van der Waals surface area contributed by atoms with Gasteiger partial charge in [-0.15, -0.1) is 0 Å². The molecule has 0 radical (unpaired) electrons. The molecular weight excluding hydrogens is 219 g/mol. The molecule has 1 heterocycles. The fourth-order valence-corrected chi connectivity index (χ4v) is 2.35. The van der Waals surface area contributed by atoms with Crippen molar-refractivity contribution in [2.24, 2.45) is 0 Å². The molecule has 4 heteroatoms. The van der Waals surface area contributed by atoms with Crippen LogP contribution in [0, 0.1) is 5.82 Å². The first-order chi connectivity index (χ1) is 8.20. The number of anilines is 1. The molecule has 1 aromatic rings. The fourth-order valence-electron chi connectivity index (χ4n) is 2.35. The lowest BCUT2D eigenvalue weighted by Gasteiger charge is -2.24. The van der Waals surface area contributed by atoms with E-state index >= 15 is 0 Å². The number of hydrogen-bond donors (Lipinski definition) is 1. The molecule has 1 aliphatic rings. The Hall–Kier alpha value is -1.13. The second kappa shape index (κ2) is 5.47. The summed E-state index contributed by atoms with van der Waals surface area (Å²) in [6, 6.07) is 7.18. The number of hydrogen-bond acceptors (Lipinski definition) is 3. The van der Waals surface area contributed by atoms with Gasteiger partial charge in [0.1, 0.15) is 5.82 Å². The van der Waals surface area contributed by atoms with Crippen molar-refractivity contribution < 1.29 is 9.50 Å². The molecule has 0 amide bonds. The summed E-state index contributed by atoms with van der Waals surface area (Å²) in [5.74, 6) is -0.185. The summed E-state index contributed by atoms with van der Waals surface area (Å²) in [6.07, 6.45) is 1.06. The van der Waals surface area contributed by atoms with E-state index in [1.54, 1.807) is 12.1 Å². The van der Waals surface area contributed by atoms with Crippen molar-refractivity contribution in [2.45, 2.75) is 12.5 Å². The van der Waals surface area contributed by atoms with Gasteiger partial charge in [-0.1, -0.05) is 6.07 Å². The summed E-state index contributed by atoms with van der Waals surface area (Å²) < 4.78 is 13.1. The number of benzene rings is 1. The SMILES string of the molecule is CN(CCO)C1CCN(c2cccc(F)c2)C1. The zero-order valence-corrected chi connectivity index (χ0v) is 10.1. The largest absolute Gasteiger partial charge is 0.395 e. The Morgan fingerprint density at radius 2 is 2.35 bits per heavy atom. The molecule has 1 N–H and O–H groups in total. The van der Waals surface area contributed by atoms with Crippen LogP contribution < -0.4 is 4.90 Å². The van der Waals surface area contributed by atoms with Crippen molar-refractivity contribution in [3.8, 4) is 0 Å². The molecule has 1 atom stereocenters. The molecule has 3 nitrogen and oxygen atoms in total. The van der Waals surface area contributed by atoms with Crippen molar-refractivity contribution in [1.82, 2.24) is 4.90 Å². The highest BCUT2D eigenvalue weighted by atomic mass is 19.1. The van der Waals surface area contributed by atoms with Crippen molar-refractivity contribution in [3.63, 3.8) is 0 Å². The Balaban J connectivity index is 1.98. The number of halogens is 1.